The van der Waals surface area contributed by atoms with Gasteiger partial charge in [-0.15, -0.1) is 0 Å². The second kappa shape index (κ2) is 2.73. The largest absolute Gasteiger partial charge is 0.509 e. The van der Waals surface area contributed by atoms with Crippen LogP contribution in [-0.2, 0) is 9.47 Å². The molecule has 0 spiro atoms. The van der Waals surface area contributed by atoms with Crippen molar-refractivity contribution in [1.82, 2.24) is 0 Å². The smallest absolute Gasteiger partial charge is 0.431 e. The molecule has 0 saturated carbocycles. The molecule has 0 amide bonds. The second-order valence-electron chi connectivity index (χ2n) is 2.31. The Morgan fingerprint density at radius 2 is 2.40 bits per heavy atom. The maximum atomic E-state index is 10.6. The molecule has 0 aliphatic carbocycles. The molecule has 1 saturated heterocycles. The van der Waals surface area contributed by atoms with Gasteiger partial charge in [0.15, 0.2) is 0 Å². The van der Waals surface area contributed by atoms with Crippen molar-refractivity contribution in [3.05, 3.63) is 12.7 Å². The van der Waals surface area contributed by atoms with Gasteiger partial charge in [-0.2, -0.15) is 0 Å². The van der Waals surface area contributed by atoms with E-state index >= 15 is 0 Å². The third-order valence-corrected chi connectivity index (χ3v) is 1.37. The van der Waals surface area contributed by atoms with Gasteiger partial charge in [0, 0.05) is 6.42 Å². The van der Waals surface area contributed by atoms with Crippen LogP contribution in [0.1, 0.15) is 13.3 Å². The molecule has 1 fully saturated rings. The van der Waals surface area contributed by atoms with Crippen LogP contribution in [0.25, 0.3) is 0 Å². The fourth-order valence-electron chi connectivity index (χ4n) is 0.883. The Morgan fingerprint density at radius 1 is 1.70 bits per heavy atom. The van der Waals surface area contributed by atoms with E-state index in [-0.39, 0.29) is 12.2 Å². The van der Waals surface area contributed by atoms with Crippen molar-refractivity contribution in [2.24, 2.45) is 0 Å². The number of carbonyl (C=O) groups is 1. The minimum Gasteiger partial charge on any atom is -0.431 e. The summed E-state index contributed by atoms with van der Waals surface area (Å²) in [6.07, 6.45) is 1.50. The zero-order valence-electron chi connectivity index (χ0n) is 5.87. The molecule has 2 atom stereocenters. The molecular weight excluding hydrogens is 132 g/mol. The first-order valence-electron chi connectivity index (χ1n) is 3.22. The van der Waals surface area contributed by atoms with Crippen LogP contribution in [0.15, 0.2) is 12.7 Å². The predicted octanol–water partition coefficient (Wildman–Crippen LogP) is 1.49. The number of carbonyl (C=O) groups excluding carboxylic acids is 1. The summed E-state index contributed by atoms with van der Waals surface area (Å²) in [5.74, 6) is 0. The van der Waals surface area contributed by atoms with Crippen LogP contribution in [0, 0.1) is 0 Å². The first kappa shape index (κ1) is 7.12. The van der Waals surface area contributed by atoms with Gasteiger partial charge in [-0.3, -0.25) is 0 Å². The van der Waals surface area contributed by atoms with Gasteiger partial charge in [-0.1, -0.05) is 12.7 Å². The molecule has 56 valence electrons. The Balaban J connectivity index is 2.50. The number of cyclic esters (lactones) is 2. The normalized spacial score (nSPS) is 32.3. The van der Waals surface area contributed by atoms with Crippen LogP contribution in [0.4, 0.5) is 4.79 Å². The Hall–Kier alpha value is -0.990. The molecule has 0 radical (unpaired) electrons. The summed E-state index contributed by atoms with van der Waals surface area (Å²) in [5.41, 5.74) is 0. The van der Waals surface area contributed by atoms with Crippen LogP contribution in [0.2, 0.25) is 0 Å². The van der Waals surface area contributed by atoms with E-state index in [9.17, 15) is 4.79 Å². The van der Waals surface area contributed by atoms with Gasteiger partial charge in [0.1, 0.15) is 12.2 Å². The van der Waals surface area contributed by atoms with E-state index in [2.05, 4.69) is 6.58 Å². The maximum absolute atomic E-state index is 10.6. The molecule has 1 aliphatic rings. The van der Waals surface area contributed by atoms with E-state index in [1.165, 1.54) is 0 Å². The van der Waals surface area contributed by atoms with Crippen molar-refractivity contribution in [2.75, 3.05) is 0 Å². The van der Waals surface area contributed by atoms with Crippen molar-refractivity contribution in [3.63, 3.8) is 0 Å². The zero-order valence-corrected chi connectivity index (χ0v) is 5.87. The molecule has 0 aromatic carbocycles. The fraction of sp³-hybridized carbons (Fsp3) is 0.571. The molecule has 3 heteroatoms. The first-order chi connectivity index (χ1) is 4.72. The first-order valence-corrected chi connectivity index (χ1v) is 3.22. The molecular formula is C7H10O3. The lowest BCUT2D eigenvalue weighted by Gasteiger charge is -2.24. The maximum Gasteiger partial charge on any atom is 0.509 e. The lowest BCUT2D eigenvalue weighted by atomic mass is 10.1. The highest BCUT2D eigenvalue weighted by molar-refractivity contribution is 5.61. The highest BCUT2D eigenvalue weighted by Crippen LogP contribution is 2.14. The lowest BCUT2D eigenvalue weighted by molar-refractivity contribution is -0.0383. The Bertz CT molecular complexity index is 153. The van der Waals surface area contributed by atoms with Gasteiger partial charge in [0.25, 0.3) is 0 Å². The second-order valence-corrected chi connectivity index (χ2v) is 2.31. The standard InChI is InChI=1S/C7H10O3/c1-3-6-4-5(2)9-7(8)10-6/h3,5-6H,1,4H2,2H3. The topological polar surface area (TPSA) is 35.5 Å². The van der Waals surface area contributed by atoms with Crippen LogP contribution >= 0.6 is 0 Å². The van der Waals surface area contributed by atoms with Gasteiger partial charge in [-0.25, -0.2) is 4.79 Å². The Morgan fingerprint density at radius 3 is 2.90 bits per heavy atom. The molecule has 3 nitrogen and oxygen atoms in total. The molecule has 0 N–H and O–H groups in total. The van der Waals surface area contributed by atoms with Gasteiger partial charge >= 0.3 is 6.16 Å². The number of rotatable bonds is 1. The van der Waals surface area contributed by atoms with E-state index in [1.54, 1.807) is 6.08 Å². The quantitative estimate of drug-likeness (QED) is 0.411. The molecule has 0 aromatic heterocycles. The molecule has 0 bridgehead atoms. The van der Waals surface area contributed by atoms with Crippen LogP contribution in [-0.4, -0.2) is 18.4 Å². The van der Waals surface area contributed by atoms with E-state index < -0.39 is 6.16 Å². The van der Waals surface area contributed by atoms with E-state index in [4.69, 9.17) is 9.47 Å². The van der Waals surface area contributed by atoms with Crippen LogP contribution in [0.3, 0.4) is 0 Å². The van der Waals surface area contributed by atoms with Crippen LogP contribution in [0.5, 0.6) is 0 Å². The van der Waals surface area contributed by atoms with E-state index in [1.807, 2.05) is 6.92 Å². The summed E-state index contributed by atoms with van der Waals surface area (Å²) in [5, 5.41) is 0. The van der Waals surface area contributed by atoms with Gasteiger partial charge in [0.05, 0.1) is 0 Å². The van der Waals surface area contributed by atoms with E-state index in [0.29, 0.717) is 6.42 Å². The molecule has 1 heterocycles. The van der Waals surface area contributed by atoms with Crippen molar-refractivity contribution >= 4 is 6.16 Å². The average molecular weight is 142 g/mol. The summed E-state index contributed by atoms with van der Waals surface area (Å²) in [6.45, 7) is 5.35. The molecule has 1 aliphatic heterocycles. The number of ether oxygens (including phenoxy) is 2. The van der Waals surface area contributed by atoms with Crippen molar-refractivity contribution in [2.45, 2.75) is 25.6 Å². The summed E-state index contributed by atoms with van der Waals surface area (Å²) >= 11 is 0. The third kappa shape index (κ3) is 1.50. The van der Waals surface area contributed by atoms with Gasteiger partial charge in [-0.05, 0) is 6.92 Å². The summed E-state index contributed by atoms with van der Waals surface area (Å²) in [7, 11) is 0. The molecule has 2 unspecified atom stereocenters. The Kier molecular flexibility index (Phi) is 1.94. The third-order valence-electron chi connectivity index (χ3n) is 1.37. The fourth-order valence-corrected chi connectivity index (χ4v) is 0.883. The minimum absolute atomic E-state index is 0.0516. The zero-order chi connectivity index (χ0) is 7.56. The van der Waals surface area contributed by atoms with Crippen LogP contribution < -0.4 is 0 Å². The average Bonchev–Trinajstić information content (AvgIpc) is 1.85. The SMILES string of the molecule is C=CC1CC(C)OC(=O)O1. The Labute approximate surface area is 59.6 Å². The molecule has 0 aromatic rings. The summed E-state index contributed by atoms with van der Waals surface area (Å²) < 4.78 is 9.44. The highest BCUT2D eigenvalue weighted by Gasteiger charge is 2.24. The van der Waals surface area contributed by atoms with Crippen molar-refractivity contribution in [1.29, 1.82) is 0 Å². The van der Waals surface area contributed by atoms with Crippen molar-refractivity contribution < 1.29 is 14.3 Å². The number of hydrogen-bond donors (Lipinski definition) is 0. The van der Waals surface area contributed by atoms with Crippen molar-refractivity contribution in [3.8, 4) is 0 Å². The molecule has 1 rings (SSSR count). The van der Waals surface area contributed by atoms with Gasteiger partial charge in [0.2, 0.25) is 0 Å². The predicted molar refractivity (Wildman–Crippen MR) is 35.6 cm³/mol. The number of hydrogen-bond acceptors (Lipinski definition) is 3. The summed E-state index contributed by atoms with van der Waals surface area (Å²) in [6, 6.07) is 0. The minimum atomic E-state index is -0.594. The van der Waals surface area contributed by atoms with Gasteiger partial charge < -0.3 is 9.47 Å². The van der Waals surface area contributed by atoms with E-state index in [0.717, 1.165) is 0 Å². The molecule has 10 heavy (non-hydrogen) atoms. The summed E-state index contributed by atoms with van der Waals surface area (Å²) in [4.78, 5) is 10.6. The highest BCUT2D eigenvalue weighted by atomic mass is 16.7. The monoisotopic (exact) mass is 142 g/mol. The lowest BCUT2D eigenvalue weighted by Crippen LogP contribution is -2.31.